The second kappa shape index (κ2) is 40.9. The van der Waals surface area contributed by atoms with Crippen LogP contribution >= 0.6 is 7.82 Å². The maximum atomic E-state index is 12.6. The van der Waals surface area contributed by atoms with Crippen LogP contribution in [0.3, 0.4) is 0 Å². The molecule has 0 saturated carbocycles. The first-order chi connectivity index (χ1) is 25.8. The van der Waals surface area contributed by atoms with E-state index in [-0.39, 0.29) is 25.6 Å². The molecule has 3 unspecified atom stereocenters. The fraction of sp³-hybridized carbons (Fsp3) is 0.930. The topological polar surface area (TPSA) is 132 Å². The minimum atomic E-state index is -4.51. The number of unbranched alkanes of at least 4 members (excludes halogenated alkanes) is 27. The van der Waals surface area contributed by atoms with Crippen LogP contribution in [0.1, 0.15) is 213 Å². The number of aliphatic hydroxyl groups is 2. The lowest BCUT2D eigenvalue weighted by Gasteiger charge is -2.20. The van der Waals surface area contributed by atoms with E-state index in [4.69, 9.17) is 23.6 Å². The first-order valence-electron chi connectivity index (χ1n) is 22.2. The van der Waals surface area contributed by atoms with Crippen molar-refractivity contribution in [1.29, 1.82) is 0 Å². The summed E-state index contributed by atoms with van der Waals surface area (Å²) in [5.41, 5.74) is 0. The van der Waals surface area contributed by atoms with Gasteiger partial charge in [-0.3, -0.25) is 13.8 Å². The van der Waals surface area contributed by atoms with Crippen LogP contribution in [0.2, 0.25) is 0 Å². The van der Waals surface area contributed by atoms with Crippen LogP contribution in [0.15, 0.2) is 12.2 Å². The summed E-state index contributed by atoms with van der Waals surface area (Å²) in [5, 5.41) is 18.3. The van der Waals surface area contributed by atoms with E-state index in [0.29, 0.717) is 6.61 Å². The summed E-state index contributed by atoms with van der Waals surface area (Å²) in [6, 6.07) is 0. The molecule has 0 saturated heterocycles. The lowest BCUT2D eigenvalue weighted by Crippen LogP contribution is -2.29. The van der Waals surface area contributed by atoms with Crippen molar-refractivity contribution in [2.24, 2.45) is 0 Å². The molecule has 0 aromatic carbocycles. The third-order valence-corrected chi connectivity index (χ3v) is 10.7. The molecule has 9 nitrogen and oxygen atoms in total. The van der Waals surface area contributed by atoms with Crippen LogP contribution < -0.4 is 0 Å². The van der Waals surface area contributed by atoms with Crippen molar-refractivity contribution in [1.82, 2.24) is 0 Å². The van der Waals surface area contributed by atoms with Gasteiger partial charge in [-0.2, -0.15) is 0 Å². The van der Waals surface area contributed by atoms with Gasteiger partial charge in [-0.1, -0.05) is 180 Å². The predicted molar refractivity (Wildman–Crippen MR) is 219 cm³/mol. The fourth-order valence-corrected chi connectivity index (χ4v) is 7.08. The molecule has 0 radical (unpaired) electrons. The highest BCUT2D eigenvalue weighted by Crippen LogP contribution is 2.43. The number of hydrogen-bond donors (Lipinski definition) is 3. The second-order valence-electron chi connectivity index (χ2n) is 15.1. The summed E-state index contributed by atoms with van der Waals surface area (Å²) in [5.74, 6) is -0.387. The normalized spacial score (nSPS) is 14.1. The van der Waals surface area contributed by atoms with E-state index in [2.05, 4.69) is 26.0 Å². The van der Waals surface area contributed by atoms with Crippen LogP contribution in [0.4, 0.5) is 0 Å². The zero-order valence-corrected chi connectivity index (χ0v) is 35.4. The summed E-state index contributed by atoms with van der Waals surface area (Å²) >= 11 is 0. The quantitative estimate of drug-likeness (QED) is 0.0240. The van der Waals surface area contributed by atoms with E-state index in [1.54, 1.807) is 0 Å². The smallest absolute Gasteiger partial charge is 0.457 e. The van der Waals surface area contributed by atoms with E-state index in [9.17, 15) is 19.4 Å². The minimum absolute atomic E-state index is 0.0518. The van der Waals surface area contributed by atoms with Crippen LogP contribution in [0, 0.1) is 0 Å². The summed E-state index contributed by atoms with van der Waals surface area (Å²) < 4.78 is 33.4. The zero-order chi connectivity index (χ0) is 38.9. The highest BCUT2D eigenvalue weighted by Gasteiger charge is 2.26. The van der Waals surface area contributed by atoms with Crippen LogP contribution in [0.25, 0.3) is 0 Å². The molecule has 0 aliphatic rings. The van der Waals surface area contributed by atoms with E-state index in [1.807, 2.05) is 0 Å². The van der Waals surface area contributed by atoms with Crippen molar-refractivity contribution in [3.63, 3.8) is 0 Å². The van der Waals surface area contributed by atoms with E-state index in [1.165, 1.54) is 141 Å². The molecule has 0 aliphatic heterocycles. The van der Waals surface area contributed by atoms with Crippen LogP contribution in [-0.4, -0.2) is 66.3 Å². The molecule has 10 heteroatoms. The fourth-order valence-electron chi connectivity index (χ4n) is 6.29. The van der Waals surface area contributed by atoms with Crippen molar-refractivity contribution in [2.75, 3.05) is 33.0 Å². The highest BCUT2D eigenvalue weighted by atomic mass is 31.2. The van der Waals surface area contributed by atoms with Gasteiger partial charge < -0.3 is 24.6 Å². The number of hydrogen-bond acceptors (Lipinski definition) is 8. The molecule has 0 heterocycles. The number of esters is 1. The number of phosphoric acid groups is 1. The number of carbonyl (C=O) groups is 1. The molecule has 0 aliphatic carbocycles. The van der Waals surface area contributed by atoms with Gasteiger partial charge in [0.25, 0.3) is 0 Å². The molecule has 0 rings (SSSR count). The molecule has 0 spiro atoms. The maximum absolute atomic E-state index is 12.6. The van der Waals surface area contributed by atoms with E-state index in [0.717, 1.165) is 51.4 Å². The Morgan fingerprint density at radius 2 is 0.962 bits per heavy atom. The number of rotatable bonds is 43. The van der Waals surface area contributed by atoms with Gasteiger partial charge >= 0.3 is 13.8 Å². The number of aliphatic hydroxyl groups excluding tert-OH is 2. The minimum Gasteiger partial charge on any atom is -0.457 e. The zero-order valence-electron chi connectivity index (χ0n) is 34.5. The molecule has 0 aromatic rings. The molecular formula is C43H85O9P. The van der Waals surface area contributed by atoms with Gasteiger partial charge in [-0.05, 0) is 38.5 Å². The average molecular weight is 777 g/mol. The number of ether oxygens (including phenoxy) is 2. The summed E-state index contributed by atoms with van der Waals surface area (Å²) in [6.45, 7) is 3.54. The molecule has 3 N–H and O–H groups in total. The predicted octanol–water partition coefficient (Wildman–Crippen LogP) is 12.1. The van der Waals surface area contributed by atoms with Crippen LogP contribution in [0.5, 0.6) is 0 Å². The third kappa shape index (κ3) is 40.7. The molecule has 316 valence electrons. The van der Waals surface area contributed by atoms with Gasteiger partial charge in [0.05, 0.1) is 26.4 Å². The van der Waals surface area contributed by atoms with Crippen molar-refractivity contribution >= 4 is 13.8 Å². The lowest BCUT2D eigenvalue weighted by molar-refractivity contribution is -0.154. The summed E-state index contributed by atoms with van der Waals surface area (Å²) in [4.78, 5) is 22.6. The molecule has 53 heavy (non-hydrogen) atoms. The first-order valence-corrected chi connectivity index (χ1v) is 23.7. The highest BCUT2D eigenvalue weighted by molar-refractivity contribution is 7.47. The number of allylic oxidation sites excluding steroid dienone is 2. The monoisotopic (exact) mass is 777 g/mol. The SMILES string of the molecule is CCCCCCC/C=C\CCCCCCCC(=O)OC(COCCCCCCCCCCCCCCCCCCCC)COP(=O)(O)OCC(O)CO. The Morgan fingerprint density at radius 3 is 1.42 bits per heavy atom. The largest absolute Gasteiger partial charge is 0.472 e. The molecule has 0 fully saturated rings. The van der Waals surface area contributed by atoms with Gasteiger partial charge in [0.2, 0.25) is 0 Å². The van der Waals surface area contributed by atoms with Gasteiger partial charge in [0, 0.05) is 13.0 Å². The Hall–Kier alpha value is -0.800. The van der Waals surface area contributed by atoms with Crippen LogP contribution in [-0.2, 0) is 27.9 Å². The second-order valence-corrected chi connectivity index (χ2v) is 16.5. The Bertz CT molecular complexity index is 841. The molecule has 3 atom stereocenters. The van der Waals surface area contributed by atoms with Crippen molar-refractivity contribution < 1.29 is 43.0 Å². The lowest BCUT2D eigenvalue weighted by atomic mass is 10.0. The van der Waals surface area contributed by atoms with Gasteiger partial charge in [0.1, 0.15) is 12.2 Å². The van der Waals surface area contributed by atoms with Crippen molar-refractivity contribution in [3.05, 3.63) is 12.2 Å². The Balaban J connectivity index is 4.12. The number of phosphoric ester groups is 1. The first kappa shape index (κ1) is 52.2. The average Bonchev–Trinajstić information content (AvgIpc) is 3.15. The van der Waals surface area contributed by atoms with Gasteiger partial charge in [-0.15, -0.1) is 0 Å². The molecule has 0 aromatic heterocycles. The summed E-state index contributed by atoms with van der Waals surface area (Å²) in [6.07, 6.45) is 40.2. The maximum Gasteiger partial charge on any atom is 0.472 e. The summed E-state index contributed by atoms with van der Waals surface area (Å²) in [7, 11) is -4.51. The third-order valence-electron chi connectivity index (χ3n) is 9.70. The van der Waals surface area contributed by atoms with E-state index >= 15 is 0 Å². The Kier molecular flexibility index (Phi) is 40.2. The molecular weight excluding hydrogens is 691 g/mol. The van der Waals surface area contributed by atoms with Gasteiger partial charge in [-0.25, -0.2) is 4.57 Å². The van der Waals surface area contributed by atoms with Gasteiger partial charge in [0.15, 0.2) is 0 Å². The number of carbonyl (C=O) groups excluding carboxylic acids is 1. The molecule has 0 bridgehead atoms. The van der Waals surface area contributed by atoms with Crippen molar-refractivity contribution in [3.8, 4) is 0 Å². The van der Waals surface area contributed by atoms with E-state index < -0.39 is 33.2 Å². The Morgan fingerprint density at radius 1 is 0.566 bits per heavy atom. The standard InChI is InChI=1S/C43H85O9P/c1-3-5-7-9-11-13-15-17-19-20-21-22-24-26-28-30-32-34-36-49-39-42(40-51-53(47,48)50-38-41(45)37-44)52-43(46)35-33-31-29-27-25-23-18-16-14-12-10-8-6-4-2/h16,18,41-42,44-45H,3-15,17,19-40H2,1-2H3,(H,47,48)/b18-16-. The Labute approximate surface area is 326 Å². The molecule has 0 amide bonds. The van der Waals surface area contributed by atoms with Crippen molar-refractivity contribution in [2.45, 2.75) is 225 Å².